The molecule has 4 unspecified atom stereocenters. The topological polar surface area (TPSA) is 0 Å². The highest BCUT2D eigenvalue weighted by atomic mass is 14.5. The molecule has 0 heterocycles. The summed E-state index contributed by atoms with van der Waals surface area (Å²) in [6, 6.07) is 38.9. The van der Waals surface area contributed by atoms with Crippen LogP contribution in [0.2, 0.25) is 0 Å². The number of allylic oxidation sites excluding steroid dienone is 12. The van der Waals surface area contributed by atoms with Gasteiger partial charge in [-0.05, 0) is 72.5 Å². The molecule has 47 heavy (non-hydrogen) atoms. The standard InChI is InChI=1S/C47H36/c1-47(2)44-17-8-7-14-39(44)40-23-22-31(28-45(40)47)34-25-24-32(35-10-3-4-11-36(34)35)29-18-20-30(21-19-29)33-26-27-43-38-13-6-5-12-37(38)42-16-9-15-41(33)46(42)43/h3-28,37-38,41,46H,1-2H3. The molecule has 0 amide bonds. The molecule has 1 saturated carbocycles. The van der Waals surface area contributed by atoms with Crippen LogP contribution >= 0.6 is 0 Å². The van der Waals surface area contributed by atoms with Crippen molar-refractivity contribution < 1.29 is 0 Å². The highest BCUT2D eigenvalue weighted by Crippen LogP contribution is 2.57. The maximum Gasteiger partial charge on any atom is 0.0159 e. The molecule has 0 nitrogen and oxygen atoms in total. The summed E-state index contributed by atoms with van der Waals surface area (Å²) < 4.78 is 0. The van der Waals surface area contributed by atoms with E-state index in [2.05, 4.69) is 172 Å². The minimum absolute atomic E-state index is 0.0140. The van der Waals surface area contributed by atoms with Gasteiger partial charge in [0.2, 0.25) is 0 Å². The Balaban J connectivity index is 1.01. The monoisotopic (exact) mass is 600 g/mol. The van der Waals surface area contributed by atoms with Gasteiger partial charge >= 0.3 is 0 Å². The highest BCUT2D eigenvalue weighted by molar-refractivity contribution is 6.05. The summed E-state index contributed by atoms with van der Waals surface area (Å²) in [6.07, 6.45) is 21.2. The number of hydrogen-bond acceptors (Lipinski definition) is 0. The van der Waals surface area contributed by atoms with Crippen LogP contribution in [0.5, 0.6) is 0 Å². The van der Waals surface area contributed by atoms with Crippen molar-refractivity contribution in [3.8, 4) is 33.4 Å². The lowest BCUT2D eigenvalue weighted by Crippen LogP contribution is -2.20. The van der Waals surface area contributed by atoms with Crippen LogP contribution in [0.1, 0.15) is 30.5 Å². The van der Waals surface area contributed by atoms with Crippen LogP contribution in [0.25, 0.3) is 49.7 Å². The van der Waals surface area contributed by atoms with Crippen molar-refractivity contribution in [3.63, 3.8) is 0 Å². The Bertz CT molecular complexity index is 2330. The van der Waals surface area contributed by atoms with E-state index in [-0.39, 0.29) is 5.41 Å². The predicted molar refractivity (Wildman–Crippen MR) is 198 cm³/mol. The zero-order valence-corrected chi connectivity index (χ0v) is 26.8. The Morgan fingerprint density at radius 2 is 1.02 bits per heavy atom. The van der Waals surface area contributed by atoms with E-state index in [1.807, 2.05) is 0 Å². The van der Waals surface area contributed by atoms with Gasteiger partial charge in [0.05, 0.1) is 0 Å². The van der Waals surface area contributed by atoms with E-state index >= 15 is 0 Å². The van der Waals surface area contributed by atoms with E-state index in [1.54, 1.807) is 11.1 Å². The Morgan fingerprint density at radius 3 is 1.79 bits per heavy atom. The van der Waals surface area contributed by atoms with Gasteiger partial charge < -0.3 is 0 Å². The van der Waals surface area contributed by atoms with E-state index in [0.29, 0.717) is 23.7 Å². The zero-order chi connectivity index (χ0) is 31.3. The third-order valence-electron chi connectivity index (χ3n) is 11.8. The molecular formula is C47H36. The van der Waals surface area contributed by atoms with E-state index in [9.17, 15) is 0 Å². The van der Waals surface area contributed by atoms with Crippen molar-refractivity contribution in [1.82, 2.24) is 0 Å². The van der Waals surface area contributed by atoms with E-state index in [0.717, 1.165) is 0 Å². The Morgan fingerprint density at radius 1 is 0.447 bits per heavy atom. The van der Waals surface area contributed by atoms with Crippen molar-refractivity contribution in [2.75, 3.05) is 0 Å². The minimum Gasteiger partial charge on any atom is -0.0764 e. The first-order chi connectivity index (χ1) is 23.1. The zero-order valence-electron chi connectivity index (χ0n) is 26.8. The molecule has 5 aliphatic carbocycles. The summed E-state index contributed by atoms with van der Waals surface area (Å²) in [5.74, 6) is 1.90. The lowest BCUT2D eigenvalue weighted by atomic mass is 9.72. The third-order valence-corrected chi connectivity index (χ3v) is 11.8. The third kappa shape index (κ3) is 3.82. The normalized spacial score (nSPS) is 23.8. The van der Waals surface area contributed by atoms with Gasteiger partial charge in [0.25, 0.3) is 0 Å². The number of benzene rings is 5. The van der Waals surface area contributed by atoms with Crippen LogP contribution in [0.4, 0.5) is 0 Å². The van der Waals surface area contributed by atoms with Gasteiger partial charge in [-0.1, -0.05) is 177 Å². The van der Waals surface area contributed by atoms with Gasteiger partial charge in [-0.25, -0.2) is 0 Å². The molecule has 0 heteroatoms. The molecule has 4 atom stereocenters. The summed E-state index contributed by atoms with van der Waals surface area (Å²) in [5.41, 5.74) is 16.6. The van der Waals surface area contributed by atoms with Gasteiger partial charge in [0.1, 0.15) is 0 Å². The minimum atomic E-state index is -0.0140. The molecule has 224 valence electrons. The Hall–Kier alpha value is -5.20. The summed E-state index contributed by atoms with van der Waals surface area (Å²) in [7, 11) is 0. The van der Waals surface area contributed by atoms with Crippen LogP contribution in [0.3, 0.4) is 0 Å². The summed E-state index contributed by atoms with van der Waals surface area (Å²) in [6.45, 7) is 4.72. The number of hydrogen-bond donors (Lipinski definition) is 0. The van der Waals surface area contributed by atoms with Gasteiger partial charge in [0.15, 0.2) is 0 Å². The second kappa shape index (κ2) is 9.90. The molecule has 0 bridgehead atoms. The van der Waals surface area contributed by atoms with Crippen LogP contribution in [0.15, 0.2) is 169 Å². The van der Waals surface area contributed by atoms with Crippen molar-refractivity contribution in [2.24, 2.45) is 23.7 Å². The molecule has 0 spiro atoms. The first kappa shape index (κ1) is 27.0. The summed E-state index contributed by atoms with van der Waals surface area (Å²) in [5, 5.41) is 2.59. The fraction of sp³-hybridized carbons (Fsp3) is 0.149. The van der Waals surface area contributed by atoms with E-state index < -0.39 is 0 Å². The summed E-state index contributed by atoms with van der Waals surface area (Å²) >= 11 is 0. The average molecular weight is 601 g/mol. The summed E-state index contributed by atoms with van der Waals surface area (Å²) in [4.78, 5) is 0. The van der Waals surface area contributed by atoms with E-state index in [1.165, 1.54) is 66.4 Å². The van der Waals surface area contributed by atoms with Crippen LogP contribution in [-0.4, -0.2) is 0 Å². The lowest BCUT2D eigenvalue weighted by Gasteiger charge is -2.32. The average Bonchev–Trinajstić information content (AvgIpc) is 3.57. The second-order valence-corrected chi connectivity index (χ2v) is 14.4. The maximum absolute atomic E-state index is 2.44. The Labute approximate surface area is 277 Å². The number of rotatable bonds is 3. The van der Waals surface area contributed by atoms with Crippen molar-refractivity contribution in [1.29, 1.82) is 0 Å². The van der Waals surface area contributed by atoms with Crippen LogP contribution in [0, 0.1) is 23.7 Å². The van der Waals surface area contributed by atoms with Gasteiger partial charge in [-0.3, -0.25) is 0 Å². The van der Waals surface area contributed by atoms with Crippen molar-refractivity contribution in [3.05, 3.63) is 186 Å². The highest BCUT2D eigenvalue weighted by Gasteiger charge is 2.46. The van der Waals surface area contributed by atoms with Crippen LogP contribution < -0.4 is 0 Å². The van der Waals surface area contributed by atoms with Gasteiger partial charge in [-0.15, -0.1) is 0 Å². The SMILES string of the molecule is CC1(C)c2ccccc2-c2ccc(-c3ccc(-c4ccc(C5=CC=C6C7C=CC=CC7C7=CC=CC5C76)cc4)c4ccccc34)cc21. The molecule has 0 aromatic heterocycles. The molecule has 0 saturated heterocycles. The molecule has 0 N–H and O–H groups in total. The molecule has 5 aromatic carbocycles. The maximum atomic E-state index is 2.44. The largest absolute Gasteiger partial charge is 0.0764 e. The predicted octanol–water partition coefficient (Wildman–Crippen LogP) is 11.9. The quantitative estimate of drug-likeness (QED) is 0.193. The van der Waals surface area contributed by atoms with E-state index in [4.69, 9.17) is 0 Å². The molecular weight excluding hydrogens is 565 g/mol. The fourth-order valence-electron chi connectivity index (χ4n) is 9.48. The Kier molecular flexibility index (Phi) is 5.68. The van der Waals surface area contributed by atoms with Crippen LogP contribution in [-0.2, 0) is 5.41 Å². The van der Waals surface area contributed by atoms with Gasteiger partial charge in [0, 0.05) is 29.1 Å². The first-order valence-electron chi connectivity index (χ1n) is 17.1. The molecule has 5 aliphatic rings. The van der Waals surface area contributed by atoms with Gasteiger partial charge in [-0.2, -0.15) is 0 Å². The molecule has 0 aliphatic heterocycles. The van der Waals surface area contributed by atoms with Crippen molar-refractivity contribution >= 4 is 16.3 Å². The molecule has 5 aromatic rings. The molecule has 10 rings (SSSR count). The second-order valence-electron chi connectivity index (χ2n) is 14.4. The number of fused-ring (bicyclic) bond motifs is 7. The molecule has 0 radical (unpaired) electrons. The lowest BCUT2D eigenvalue weighted by molar-refractivity contribution is 0.623. The fourth-order valence-corrected chi connectivity index (χ4v) is 9.48. The van der Waals surface area contributed by atoms with Crippen molar-refractivity contribution in [2.45, 2.75) is 19.3 Å². The molecule has 1 fully saturated rings. The first-order valence-corrected chi connectivity index (χ1v) is 17.1. The smallest absolute Gasteiger partial charge is 0.0159 e.